The van der Waals surface area contributed by atoms with Crippen LogP contribution in [0.1, 0.15) is 5.69 Å². The number of nitriles is 1. The molecule has 0 radical (unpaired) electrons. The number of anilines is 6. The van der Waals surface area contributed by atoms with Crippen molar-refractivity contribution in [2.75, 3.05) is 16.0 Å². The summed E-state index contributed by atoms with van der Waals surface area (Å²) in [4.78, 5) is 16.9. The van der Waals surface area contributed by atoms with Crippen LogP contribution in [0, 0.1) is 23.0 Å². The van der Waals surface area contributed by atoms with Crippen molar-refractivity contribution in [2.24, 2.45) is 0 Å². The van der Waals surface area contributed by atoms with Crippen LogP contribution in [-0.4, -0.2) is 19.9 Å². The largest absolute Gasteiger partial charge is 0.324 e. The molecule has 0 fully saturated rings. The molecule has 11 heteroatoms. The van der Waals surface area contributed by atoms with E-state index in [1.165, 1.54) is 30.5 Å². The molecule has 32 heavy (non-hydrogen) atoms. The molecule has 0 amide bonds. The van der Waals surface area contributed by atoms with Crippen LogP contribution < -0.4 is 16.0 Å². The fourth-order valence-corrected chi connectivity index (χ4v) is 2.53. The highest BCUT2D eigenvalue weighted by Crippen LogP contribution is 2.21. The highest BCUT2D eigenvalue weighted by Gasteiger charge is 2.09. The molecular weight excluding hydrogens is 438 g/mol. The van der Waals surface area contributed by atoms with Gasteiger partial charge in [-0.15, -0.1) is 12.4 Å². The lowest BCUT2D eigenvalue weighted by molar-refractivity contribution is 0.627. The van der Waals surface area contributed by atoms with Crippen LogP contribution >= 0.6 is 12.4 Å². The van der Waals surface area contributed by atoms with Crippen molar-refractivity contribution < 1.29 is 8.78 Å². The van der Waals surface area contributed by atoms with E-state index in [2.05, 4.69) is 35.9 Å². The second-order valence-electron chi connectivity index (χ2n) is 6.24. The summed E-state index contributed by atoms with van der Waals surface area (Å²) in [5.41, 5.74) is 1.99. The molecule has 8 nitrogen and oxygen atoms in total. The number of hydrogen-bond acceptors (Lipinski definition) is 8. The zero-order valence-corrected chi connectivity index (χ0v) is 17.1. The van der Waals surface area contributed by atoms with E-state index < -0.39 is 0 Å². The van der Waals surface area contributed by atoms with E-state index >= 15 is 0 Å². The summed E-state index contributed by atoms with van der Waals surface area (Å²) in [5.74, 6) is -0.160. The molecule has 0 saturated heterocycles. The van der Waals surface area contributed by atoms with Crippen molar-refractivity contribution >= 4 is 47.3 Å². The molecule has 3 N–H and O–H groups in total. The van der Waals surface area contributed by atoms with E-state index in [0.717, 1.165) is 0 Å². The zero-order valence-electron chi connectivity index (χ0n) is 16.3. The van der Waals surface area contributed by atoms with E-state index in [-0.39, 0.29) is 47.6 Å². The number of hydrogen-bond donors (Lipinski definition) is 3. The first-order valence-corrected chi connectivity index (χ1v) is 9.02. The Kier molecular flexibility index (Phi) is 7.05. The third kappa shape index (κ3) is 5.84. The van der Waals surface area contributed by atoms with E-state index in [9.17, 15) is 8.78 Å². The van der Waals surface area contributed by atoms with E-state index in [4.69, 9.17) is 5.26 Å². The van der Waals surface area contributed by atoms with Crippen molar-refractivity contribution in [3.8, 4) is 6.07 Å². The minimum absolute atomic E-state index is 0. The van der Waals surface area contributed by atoms with Gasteiger partial charge in [0.25, 0.3) is 0 Å². The Balaban J connectivity index is 0.00000289. The van der Waals surface area contributed by atoms with Gasteiger partial charge < -0.3 is 16.0 Å². The van der Waals surface area contributed by atoms with Gasteiger partial charge in [0.1, 0.15) is 23.4 Å². The van der Waals surface area contributed by atoms with Crippen LogP contribution in [0.5, 0.6) is 0 Å². The number of rotatable bonds is 6. The number of halogens is 3. The molecule has 0 bridgehead atoms. The molecule has 2 heterocycles. The van der Waals surface area contributed by atoms with Gasteiger partial charge in [0.15, 0.2) is 0 Å². The van der Waals surface area contributed by atoms with Crippen LogP contribution in [0.25, 0.3) is 0 Å². The summed E-state index contributed by atoms with van der Waals surface area (Å²) < 4.78 is 26.4. The first-order chi connectivity index (χ1) is 15.1. The van der Waals surface area contributed by atoms with E-state index in [1.54, 1.807) is 36.4 Å². The summed E-state index contributed by atoms with van der Waals surface area (Å²) in [6.45, 7) is 0. The lowest BCUT2D eigenvalue weighted by Gasteiger charge is -2.11. The topological polar surface area (TPSA) is 111 Å². The summed E-state index contributed by atoms with van der Waals surface area (Å²) in [6.07, 6.45) is 1.47. The van der Waals surface area contributed by atoms with Crippen LogP contribution in [0.2, 0.25) is 0 Å². The maximum absolute atomic E-state index is 13.2. The van der Waals surface area contributed by atoms with Gasteiger partial charge in [0, 0.05) is 11.4 Å². The Bertz CT molecular complexity index is 1160. The highest BCUT2D eigenvalue weighted by atomic mass is 35.5. The van der Waals surface area contributed by atoms with Gasteiger partial charge in [0.2, 0.25) is 17.8 Å². The second kappa shape index (κ2) is 10.1. The van der Waals surface area contributed by atoms with Crippen molar-refractivity contribution in [3.05, 3.63) is 84.2 Å². The van der Waals surface area contributed by atoms with Gasteiger partial charge in [-0.3, -0.25) is 0 Å². The van der Waals surface area contributed by atoms with Gasteiger partial charge in [-0.05, 0) is 60.7 Å². The van der Waals surface area contributed by atoms with E-state index in [0.29, 0.717) is 17.1 Å². The Morgan fingerprint density at radius 3 is 1.41 bits per heavy atom. The fraction of sp³-hybridized carbons (Fsp3) is 0. The SMILES string of the molecule is Cl.N#Cc1ccc(Nc2nc(Nc3ccc(F)cc3)nc(Nc3ccc(F)cc3)n2)cn1. The monoisotopic (exact) mass is 452 g/mol. The molecule has 2 aromatic heterocycles. The maximum atomic E-state index is 13.2. The first-order valence-electron chi connectivity index (χ1n) is 9.02. The smallest absolute Gasteiger partial charge is 0.233 e. The molecule has 0 atom stereocenters. The number of aromatic nitrogens is 4. The number of nitrogens with zero attached hydrogens (tertiary/aromatic N) is 5. The molecule has 4 aromatic rings. The molecule has 0 aliphatic rings. The quantitative estimate of drug-likeness (QED) is 0.372. The Hall–Kier alpha value is -4.36. The van der Waals surface area contributed by atoms with Crippen molar-refractivity contribution in [1.82, 2.24) is 19.9 Å². The van der Waals surface area contributed by atoms with Crippen molar-refractivity contribution in [3.63, 3.8) is 0 Å². The van der Waals surface area contributed by atoms with Gasteiger partial charge in [-0.2, -0.15) is 20.2 Å². The summed E-state index contributed by atoms with van der Waals surface area (Å²) in [5, 5.41) is 17.8. The minimum Gasteiger partial charge on any atom is -0.324 e. The molecule has 0 saturated carbocycles. The maximum Gasteiger partial charge on any atom is 0.233 e. The van der Waals surface area contributed by atoms with E-state index in [1.807, 2.05) is 6.07 Å². The third-order valence-corrected chi connectivity index (χ3v) is 3.97. The lowest BCUT2D eigenvalue weighted by atomic mass is 10.3. The normalized spacial score (nSPS) is 9.91. The standard InChI is InChI=1S/C21H14F2N8.ClH/c22-13-1-5-15(6-2-13)26-19-29-20(27-16-7-3-14(23)4-8-16)31-21(30-19)28-18-10-9-17(11-24)25-12-18;/h1-10,12H,(H3,26,27,28,29,30,31);1H. The molecule has 160 valence electrons. The van der Waals surface area contributed by atoms with Gasteiger partial charge >= 0.3 is 0 Å². The average molecular weight is 453 g/mol. The predicted molar refractivity (Wildman–Crippen MR) is 119 cm³/mol. The molecule has 0 unspecified atom stereocenters. The molecule has 2 aromatic carbocycles. The van der Waals surface area contributed by atoms with Crippen molar-refractivity contribution in [2.45, 2.75) is 0 Å². The average Bonchev–Trinajstić information content (AvgIpc) is 2.77. The van der Waals surface area contributed by atoms with Gasteiger partial charge in [0.05, 0.1) is 11.9 Å². The summed E-state index contributed by atoms with van der Waals surface area (Å²) in [7, 11) is 0. The summed E-state index contributed by atoms with van der Waals surface area (Å²) >= 11 is 0. The summed E-state index contributed by atoms with van der Waals surface area (Å²) in [6, 6.07) is 16.6. The first kappa shape index (κ1) is 22.3. The highest BCUT2D eigenvalue weighted by molar-refractivity contribution is 5.85. The van der Waals surface area contributed by atoms with Crippen LogP contribution in [0.15, 0.2) is 66.9 Å². The van der Waals surface area contributed by atoms with Gasteiger partial charge in [-0.1, -0.05) is 0 Å². The molecule has 4 rings (SSSR count). The van der Waals surface area contributed by atoms with Crippen LogP contribution in [-0.2, 0) is 0 Å². The molecule has 0 spiro atoms. The minimum atomic E-state index is -0.365. The third-order valence-electron chi connectivity index (χ3n) is 3.97. The zero-order chi connectivity index (χ0) is 21.6. The second-order valence-corrected chi connectivity index (χ2v) is 6.24. The predicted octanol–water partition coefficient (Wildman–Crippen LogP) is 5.07. The van der Waals surface area contributed by atoms with Gasteiger partial charge in [-0.25, -0.2) is 13.8 Å². The molecule has 0 aliphatic carbocycles. The van der Waals surface area contributed by atoms with Crippen LogP contribution in [0.3, 0.4) is 0 Å². The number of benzene rings is 2. The molecular formula is C21H15ClF2N8. The lowest BCUT2D eigenvalue weighted by Crippen LogP contribution is -2.07. The number of pyridine rings is 1. The Labute approximate surface area is 187 Å². The Morgan fingerprint density at radius 2 is 1.03 bits per heavy atom. The number of nitrogens with one attached hydrogen (secondary N) is 3. The fourth-order valence-electron chi connectivity index (χ4n) is 2.53. The Morgan fingerprint density at radius 1 is 0.625 bits per heavy atom. The van der Waals surface area contributed by atoms with Crippen molar-refractivity contribution in [1.29, 1.82) is 5.26 Å². The van der Waals surface area contributed by atoms with Crippen LogP contribution in [0.4, 0.5) is 43.7 Å². The molecule has 0 aliphatic heterocycles.